The Morgan fingerprint density at radius 1 is 1.28 bits per heavy atom. The van der Waals surface area contributed by atoms with Crippen LogP contribution in [-0.2, 0) is 4.74 Å². The fraction of sp³-hybridized carbons (Fsp3) is 0.765. The maximum absolute atomic E-state index is 5.92. The zero-order valence-corrected chi connectivity index (χ0v) is 13.3. The summed E-state index contributed by atoms with van der Waals surface area (Å²) in [7, 11) is 0. The van der Waals surface area contributed by atoms with Gasteiger partial charge in [0, 0.05) is 0 Å². The Balaban J connectivity index is 2.76. The second kappa shape index (κ2) is 5.61. The third-order valence-electron chi connectivity index (χ3n) is 3.62. The van der Waals surface area contributed by atoms with Gasteiger partial charge in [-0.15, -0.1) is 0 Å². The van der Waals surface area contributed by atoms with Gasteiger partial charge in [-0.3, -0.25) is 0 Å². The van der Waals surface area contributed by atoms with Crippen molar-refractivity contribution >= 4 is 0 Å². The van der Waals surface area contributed by atoms with Crippen molar-refractivity contribution in [1.29, 1.82) is 0 Å². The molecule has 0 amide bonds. The second-order valence-electron chi connectivity index (χ2n) is 7.23. The summed E-state index contributed by atoms with van der Waals surface area (Å²) in [6.07, 6.45) is 8.53. The van der Waals surface area contributed by atoms with Crippen molar-refractivity contribution < 1.29 is 4.74 Å². The lowest BCUT2D eigenvalue weighted by atomic mass is 9.72. The van der Waals surface area contributed by atoms with E-state index in [2.05, 4.69) is 60.6 Å². The van der Waals surface area contributed by atoms with Gasteiger partial charge in [-0.1, -0.05) is 31.6 Å². The van der Waals surface area contributed by atoms with E-state index in [-0.39, 0.29) is 11.7 Å². The van der Waals surface area contributed by atoms with Crippen LogP contribution in [0, 0.1) is 5.41 Å². The lowest BCUT2D eigenvalue weighted by Gasteiger charge is -2.33. The van der Waals surface area contributed by atoms with Gasteiger partial charge in [0.15, 0.2) is 0 Å². The highest BCUT2D eigenvalue weighted by atomic mass is 16.5. The first-order chi connectivity index (χ1) is 8.12. The van der Waals surface area contributed by atoms with E-state index >= 15 is 0 Å². The van der Waals surface area contributed by atoms with Crippen LogP contribution in [0.2, 0.25) is 0 Å². The molecule has 1 aliphatic carbocycles. The Kier molecular flexibility index (Phi) is 4.83. The van der Waals surface area contributed by atoms with E-state index in [1.807, 2.05) is 0 Å². The van der Waals surface area contributed by atoms with Gasteiger partial charge in [-0.2, -0.15) is 0 Å². The molecule has 0 spiro atoms. The van der Waals surface area contributed by atoms with E-state index in [0.29, 0.717) is 5.41 Å². The summed E-state index contributed by atoms with van der Waals surface area (Å²) in [6.45, 7) is 15.4. The topological polar surface area (TPSA) is 9.23 Å². The summed E-state index contributed by atoms with van der Waals surface area (Å²) in [5.41, 5.74) is 3.30. The first kappa shape index (κ1) is 15.5. The summed E-state index contributed by atoms with van der Waals surface area (Å²) >= 11 is 0. The third kappa shape index (κ3) is 4.61. The highest BCUT2D eigenvalue weighted by molar-refractivity contribution is 5.32. The molecule has 0 aromatic heterocycles. The standard InChI is InChI=1S/C17H30O/c1-13-9-8-12-17(6,7)15(13)11-10-14(2)18-16(3,4)5/h10-11,14H,8-9,12H2,1-7H3/b11-10+. The SMILES string of the molecule is CC1=C(/C=C/C(C)OC(C)(C)C)C(C)(C)CCC1. The van der Waals surface area contributed by atoms with Gasteiger partial charge in [0.05, 0.1) is 11.7 Å². The van der Waals surface area contributed by atoms with Crippen molar-refractivity contribution in [3.05, 3.63) is 23.3 Å². The Morgan fingerprint density at radius 3 is 2.39 bits per heavy atom. The first-order valence-corrected chi connectivity index (χ1v) is 7.18. The van der Waals surface area contributed by atoms with Crippen LogP contribution in [0.1, 0.15) is 67.7 Å². The molecule has 1 aliphatic rings. The number of hydrogen-bond donors (Lipinski definition) is 0. The molecule has 18 heavy (non-hydrogen) atoms. The Bertz CT molecular complexity index is 339. The van der Waals surface area contributed by atoms with Crippen LogP contribution in [0.4, 0.5) is 0 Å². The van der Waals surface area contributed by atoms with E-state index < -0.39 is 0 Å². The maximum Gasteiger partial charge on any atom is 0.0737 e. The van der Waals surface area contributed by atoms with Crippen molar-refractivity contribution in [2.24, 2.45) is 5.41 Å². The molecule has 1 nitrogen and oxygen atoms in total. The van der Waals surface area contributed by atoms with Crippen LogP contribution in [-0.4, -0.2) is 11.7 Å². The Labute approximate surface area is 113 Å². The number of rotatable bonds is 3. The van der Waals surface area contributed by atoms with Gasteiger partial charge in [0.25, 0.3) is 0 Å². The lowest BCUT2D eigenvalue weighted by molar-refractivity contribution is -0.0298. The molecule has 1 unspecified atom stereocenters. The molecule has 0 heterocycles. The van der Waals surface area contributed by atoms with Crippen LogP contribution in [0.15, 0.2) is 23.3 Å². The van der Waals surface area contributed by atoms with E-state index in [4.69, 9.17) is 4.74 Å². The quantitative estimate of drug-likeness (QED) is 0.662. The van der Waals surface area contributed by atoms with E-state index in [1.165, 1.54) is 24.8 Å². The molecule has 0 fully saturated rings. The van der Waals surface area contributed by atoms with Crippen LogP contribution in [0.5, 0.6) is 0 Å². The average molecular weight is 250 g/mol. The van der Waals surface area contributed by atoms with Gasteiger partial charge in [-0.05, 0) is 64.9 Å². The average Bonchev–Trinajstić information content (AvgIpc) is 2.12. The van der Waals surface area contributed by atoms with Gasteiger partial charge in [0.1, 0.15) is 0 Å². The molecule has 0 N–H and O–H groups in total. The van der Waals surface area contributed by atoms with Crippen molar-refractivity contribution in [2.45, 2.75) is 79.4 Å². The summed E-state index contributed by atoms with van der Waals surface area (Å²) < 4.78 is 5.92. The third-order valence-corrected chi connectivity index (χ3v) is 3.62. The second-order valence-corrected chi connectivity index (χ2v) is 7.23. The fourth-order valence-corrected chi connectivity index (χ4v) is 2.84. The van der Waals surface area contributed by atoms with Crippen molar-refractivity contribution in [1.82, 2.24) is 0 Å². The van der Waals surface area contributed by atoms with Crippen LogP contribution in [0.25, 0.3) is 0 Å². The zero-order chi connectivity index (χ0) is 14.0. The molecule has 1 rings (SSSR count). The largest absolute Gasteiger partial charge is 0.369 e. The Morgan fingerprint density at radius 2 is 1.89 bits per heavy atom. The van der Waals surface area contributed by atoms with Crippen molar-refractivity contribution in [2.75, 3.05) is 0 Å². The first-order valence-electron chi connectivity index (χ1n) is 7.18. The number of hydrogen-bond acceptors (Lipinski definition) is 1. The fourth-order valence-electron chi connectivity index (χ4n) is 2.84. The predicted molar refractivity (Wildman–Crippen MR) is 79.8 cm³/mol. The summed E-state index contributed by atoms with van der Waals surface area (Å²) in [5, 5.41) is 0. The van der Waals surface area contributed by atoms with Crippen molar-refractivity contribution in [3.8, 4) is 0 Å². The summed E-state index contributed by atoms with van der Waals surface area (Å²) in [4.78, 5) is 0. The van der Waals surface area contributed by atoms with E-state index in [0.717, 1.165) is 0 Å². The molecule has 1 heteroatoms. The van der Waals surface area contributed by atoms with Gasteiger partial charge in [-0.25, -0.2) is 0 Å². The monoisotopic (exact) mass is 250 g/mol. The maximum atomic E-state index is 5.92. The van der Waals surface area contributed by atoms with E-state index in [9.17, 15) is 0 Å². The molecule has 1 atom stereocenters. The number of ether oxygens (including phenoxy) is 1. The minimum Gasteiger partial charge on any atom is -0.369 e. The zero-order valence-electron chi connectivity index (χ0n) is 13.3. The Hall–Kier alpha value is -0.560. The van der Waals surface area contributed by atoms with Crippen molar-refractivity contribution in [3.63, 3.8) is 0 Å². The molecule has 0 radical (unpaired) electrons. The summed E-state index contributed by atoms with van der Waals surface area (Å²) in [6, 6.07) is 0. The van der Waals surface area contributed by atoms with Gasteiger partial charge < -0.3 is 4.74 Å². The molecule has 0 aromatic carbocycles. The minimum absolute atomic E-state index is 0.0741. The molecular weight excluding hydrogens is 220 g/mol. The molecule has 0 saturated heterocycles. The van der Waals surface area contributed by atoms with E-state index in [1.54, 1.807) is 5.57 Å². The van der Waals surface area contributed by atoms with Gasteiger partial charge in [0.2, 0.25) is 0 Å². The minimum atomic E-state index is -0.0741. The molecule has 0 aliphatic heterocycles. The molecular formula is C17H30O. The molecule has 104 valence electrons. The lowest BCUT2D eigenvalue weighted by Crippen LogP contribution is -2.24. The molecule has 0 bridgehead atoms. The summed E-state index contributed by atoms with van der Waals surface area (Å²) in [5.74, 6) is 0. The van der Waals surface area contributed by atoms with Gasteiger partial charge >= 0.3 is 0 Å². The number of allylic oxidation sites excluding steroid dienone is 3. The van der Waals surface area contributed by atoms with Crippen LogP contribution in [0.3, 0.4) is 0 Å². The molecule has 0 saturated carbocycles. The molecule has 0 aromatic rings. The smallest absolute Gasteiger partial charge is 0.0737 e. The normalized spacial score (nSPS) is 22.6. The highest BCUT2D eigenvalue weighted by Crippen LogP contribution is 2.40. The van der Waals surface area contributed by atoms with Crippen LogP contribution >= 0.6 is 0 Å². The highest BCUT2D eigenvalue weighted by Gasteiger charge is 2.26. The predicted octanol–water partition coefficient (Wildman–Crippen LogP) is 5.27. The van der Waals surface area contributed by atoms with Crippen LogP contribution < -0.4 is 0 Å².